The van der Waals surface area contributed by atoms with Crippen LogP contribution >= 0.6 is 0 Å². The van der Waals surface area contributed by atoms with Crippen LogP contribution in [0.25, 0.3) is 0 Å². The van der Waals surface area contributed by atoms with Crippen LogP contribution in [0.5, 0.6) is 0 Å². The van der Waals surface area contributed by atoms with Crippen LogP contribution in [0.3, 0.4) is 0 Å². The molecule has 2 N–H and O–H groups in total. The van der Waals surface area contributed by atoms with Crippen molar-refractivity contribution in [3.63, 3.8) is 0 Å². The number of ether oxygens (including phenoxy) is 2. The maximum Gasteiger partial charge on any atom is 0.330 e. The summed E-state index contributed by atoms with van der Waals surface area (Å²) in [5, 5.41) is 12.4. The van der Waals surface area contributed by atoms with Crippen LogP contribution in [0.4, 0.5) is 0 Å². The van der Waals surface area contributed by atoms with Crippen molar-refractivity contribution in [2.75, 3.05) is 20.3 Å². The highest BCUT2D eigenvalue weighted by Crippen LogP contribution is 2.39. The van der Waals surface area contributed by atoms with Gasteiger partial charge in [0.15, 0.2) is 6.23 Å². The van der Waals surface area contributed by atoms with Gasteiger partial charge < -0.3 is 19.0 Å². The van der Waals surface area contributed by atoms with Gasteiger partial charge in [-0.1, -0.05) is 81.4 Å². The summed E-state index contributed by atoms with van der Waals surface area (Å²) < 4.78 is 20.5. The topological polar surface area (TPSA) is 103 Å². The maximum absolute atomic E-state index is 12.6. The molecule has 3 aromatic rings. The minimum atomic E-state index is -2.84. The van der Waals surface area contributed by atoms with Crippen LogP contribution in [0.1, 0.15) is 32.6 Å². The number of aromatic amines is 1. The summed E-state index contributed by atoms with van der Waals surface area (Å²) in [6, 6.07) is 20.6. The fraction of sp³-hybridized carbons (Fsp3) is 0.429. The summed E-state index contributed by atoms with van der Waals surface area (Å²) in [5.41, 5.74) is -0.656. The van der Waals surface area contributed by atoms with E-state index >= 15 is 0 Å². The molecule has 2 aromatic carbocycles. The normalized spacial score (nSPS) is 22.3. The third-order valence-corrected chi connectivity index (χ3v) is 12.3. The number of aliphatic hydroxyl groups excluding tert-OH is 1. The van der Waals surface area contributed by atoms with E-state index in [1.807, 2.05) is 36.4 Å². The number of hydrogen-bond donors (Lipinski definition) is 2. The highest BCUT2D eigenvalue weighted by atomic mass is 28.4. The quantitative estimate of drug-likeness (QED) is 0.437. The van der Waals surface area contributed by atoms with Crippen molar-refractivity contribution < 1.29 is 19.0 Å². The molecule has 4 atom stereocenters. The number of H-pyrrole nitrogens is 1. The van der Waals surface area contributed by atoms with Gasteiger partial charge in [0.05, 0.1) is 19.3 Å². The first kappa shape index (κ1) is 27.2. The Hall–Kier alpha value is -2.82. The molecule has 1 saturated heterocycles. The van der Waals surface area contributed by atoms with E-state index in [2.05, 4.69) is 50.0 Å². The Morgan fingerprint density at radius 2 is 1.59 bits per heavy atom. The molecule has 0 radical (unpaired) electrons. The second-order valence-corrected chi connectivity index (χ2v) is 14.9. The molecule has 0 saturated carbocycles. The molecule has 0 amide bonds. The molecule has 0 spiro atoms. The van der Waals surface area contributed by atoms with Gasteiger partial charge in [-0.3, -0.25) is 14.3 Å². The van der Waals surface area contributed by atoms with E-state index in [1.165, 1.54) is 17.9 Å². The number of methoxy groups -OCH3 is 1. The van der Waals surface area contributed by atoms with E-state index < -0.39 is 43.9 Å². The summed E-state index contributed by atoms with van der Waals surface area (Å²) in [6.45, 7) is 8.20. The van der Waals surface area contributed by atoms with Crippen LogP contribution in [-0.4, -0.2) is 55.5 Å². The van der Waals surface area contributed by atoms with Crippen LogP contribution in [0.2, 0.25) is 5.04 Å². The molecule has 2 heterocycles. The number of aliphatic hydroxyl groups is 1. The Balaban J connectivity index is 1.74. The molecule has 1 fully saturated rings. The van der Waals surface area contributed by atoms with E-state index in [0.29, 0.717) is 5.56 Å². The van der Waals surface area contributed by atoms with E-state index in [9.17, 15) is 14.7 Å². The second-order valence-electron chi connectivity index (χ2n) is 10.6. The Labute approximate surface area is 218 Å². The summed E-state index contributed by atoms with van der Waals surface area (Å²) in [7, 11) is -1.31. The number of rotatable bonds is 8. The van der Waals surface area contributed by atoms with Crippen LogP contribution in [-0.2, 0) is 13.9 Å². The van der Waals surface area contributed by atoms with Crippen LogP contribution in [0.15, 0.2) is 76.4 Å². The Morgan fingerprint density at radius 1 is 1.03 bits per heavy atom. The molecular formula is C28H36N2O6Si. The smallest absolute Gasteiger partial charge is 0.330 e. The molecule has 2 unspecified atom stereocenters. The zero-order valence-corrected chi connectivity index (χ0v) is 23.0. The van der Waals surface area contributed by atoms with Crippen molar-refractivity contribution in [1.29, 1.82) is 0 Å². The van der Waals surface area contributed by atoms with Gasteiger partial charge in [-0.25, -0.2) is 4.79 Å². The predicted octanol–water partition coefficient (Wildman–Crippen LogP) is 1.94. The molecule has 1 aliphatic rings. The van der Waals surface area contributed by atoms with Crippen molar-refractivity contribution in [2.24, 2.45) is 5.92 Å². The molecule has 1 aromatic heterocycles. The number of benzene rings is 2. The average Bonchev–Trinajstić information content (AvgIpc) is 3.24. The lowest BCUT2D eigenvalue weighted by Crippen LogP contribution is -2.67. The van der Waals surface area contributed by atoms with E-state index in [0.717, 1.165) is 10.4 Å². The molecule has 198 valence electrons. The Bertz CT molecular complexity index is 1260. The lowest BCUT2D eigenvalue weighted by atomic mass is 9.99. The van der Waals surface area contributed by atoms with Crippen molar-refractivity contribution in [3.05, 3.63) is 93.3 Å². The van der Waals surface area contributed by atoms with Crippen molar-refractivity contribution in [2.45, 2.75) is 51.2 Å². The number of nitrogens with one attached hydrogen (secondary N) is 1. The highest BCUT2D eigenvalue weighted by Gasteiger charge is 2.52. The largest absolute Gasteiger partial charge is 0.405 e. The summed E-state index contributed by atoms with van der Waals surface area (Å²) >= 11 is 0. The molecule has 8 nitrogen and oxygen atoms in total. The third kappa shape index (κ3) is 5.02. The fourth-order valence-electron chi connectivity index (χ4n) is 5.42. The highest BCUT2D eigenvalue weighted by molar-refractivity contribution is 6.99. The lowest BCUT2D eigenvalue weighted by Gasteiger charge is -2.43. The number of nitrogens with zero attached hydrogens (tertiary/aromatic N) is 1. The zero-order chi connectivity index (χ0) is 26.8. The molecule has 0 aliphatic carbocycles. The predicted molar refractivity (Wildman–Crippen MR) is 145 cm³/mol. The number of aromatic nitrogens is 2. The SMILES string of the molecule is CO[C@H]1C(n2cc(C)c(=O)[nH]c2=O)OC(CO[Si](c2ccccc2)(c2ccccc2)C(C)(C)C)[C@H]1CO. The zero-order valence-electron chi connectivity index (χ0n) is 22.0. The van der Waals surface area contributed by atoms with Crippen molar-refractivity contribution in [3.8, 4) is 0 Å². The van der Waals surface area contributed by atoms with Gasteiger partial charge >= 0.3 is 5.69 Å². The van der Waals surface area contributed by atoms with Gasteiger partial charge in [0, 0.05) is 24.8 Å². The van der Waals surface area contributed by atoms with Gasteiger partial charge in [-0.2, -0.15) is 0 Å². The number of aryl methyl sites for hydroxylation is 1. The monoisotopic (exact) mass is 524 g/mol. The first-order valence-corrected chi connectivity index (χ1v) is 14.4. The molecule has 9 heteroatoms. The van der Waals surface area contributed by atoms with Gasteiger partial charge in [-0.15, -0.1) is 0 Å². The average molecular weight is 525 g/mol. The van der Waals surface area contributed by atoms with Crippen LogP contribution < -0.4 is 21.6 Å². The van der Waals surface area contributed by atoms with Crippen LogP contribution in [0, 0.1) is 12.8 Å². The standard InChI is InChI=1S/C28H36N2O6Si/c1-19-16-30(27(33)29-25(19)32)26-24(34-5)22(17-31)23(36-26)18-35-37(28(2,3)4,20-12-8-6-9-13-20)21-14-10-7-11-15-21/h6-16,22-24,26,31H,17-18H2,1-5H3,(H,29,32,33)/t22-,23?,24-,26?/m1/s1. The summed E-state index contributed by atoms with van der Waals surface area (Å²) in [5.74, 6) is -0.438. The third-order valence-electron chi connectivity index (χ3n) is 7.28. The molecule has 0 bridgehead atoms. The number of hydrogen-bond acceptors (Lipinski definition) is 6. The Morgan fingerprint density at radius 3 is 2.08 bits per heavy atom. The fourth-order valence-corrected chi connectivity index (χ4v) is 9.99. The first-order valence-electron chi connectivity index (χ1n) is 12.5. The lowest BCUT2D eigenvalue weighted by molar-refractivity contribution is -0.0611. The second kappa shape index (κ2) is 10.9. The van der Waals surface area contributed by atoms with E-state index in [4.69, 9.17) is 13.9 Å². The van der Waals surface area contributed by atoms with Crippen molar-refractivity contribution in [1.82, 2.24) is 9.55 Å². The van der Waals surface area contributed by atoms with Gasteiger partial charge in [0.1, 0.15) is 6.10 Å². The van der Waals surface area contributed by atoms with Gasteiger partial charge in [-0.05, 0) is 22.3 Å². The molecule has 1 aliphatic heterocycles. The summed E-state index contributed by atoms with van der Waals surface area (Å²) in [4.78, 5) is 26.9. The van der Waals surface area contributed by atoms with Gasteiger partial charge in [0.25, 0.3) is 13.9 Å². The first-order chi connectivity index (χ1) is 17.6. The van der Waals surface area contributed by atoms with Gasteiger partial charge in [0.2, 0.25) is 0 Å². The minimum Gasteiger partial charge on any atom is -0.405 e. The van der Waals surface area contributed by atoms with E-state index in [-0.39, 0.29) is 18.3 Å². The summed E-state index contributed by atoms with van der Waals surface area (Å²) in [6.07, 6.45) is -0.503. The molecule has 4 rings (SSSR count). The molecular weight excluding hydrogens is 488 g/mol. The van der Waals surface area contributed by atoms with Crippen molar-refractivity contribution >= 4 is 18.7 Å². The Kier molecular flexibility index (Phi) is 8.01. The van der Waals surface area contributed by atoms with E-state index in [1.54, 1.807) is 6.92 Å². The molecule has 37 heavy (non-hydrogen) atoms. The minimum absolute atomic E-state index is 0.200. The maximum atomic E-state index is 12.6.